The summed E-state index contributed by atoms with van der Waals surface area (Å²) in [5, 5.41) is 6.59. The second-order valence-corrected chi connectivity index (χ2v) is 1.86. The fourth-order valence-corrected chi connectivity index (χ4v) is 0.491. The molecular formula is C5H8N2S2. The zero-order valence-electron chi connectivity index (χ0n) is 4.78. The molecule has 0 bridgehead atoms. The molecule has 0 spiro atoms. The van der Waals surface area contributed by atoms with Gasteiger partial charge < -0.3 is 4.72 Å². The highest BCUT2D eigenvalue weighted by Gasteiger charge is 1.63. The quantitative estimate of drug-likeness (QED) is 0.280. The fraction of sp³-hybridized carbons (Fsp3) is 0. The number of rotatable bonds is 4. The highest BCUT2D eigenvalue weighted by molar-refractivity contribution is 7.95. The second kappa shape index (κ2) is 7.68. The largest absolute Gasteiger partial charge is 0.324 e. The lowest BCUT2D eigenvalue weighted by molar-refractivity contribution is 1.41. The van der Waals surface area contributed by atoms with Crippen LogP contribution in [0.25, 0.3) is 0 Å². The van der Waals surface area contributed by atoms with Gasteiger partial charge in [-0.15, -0.1) is 0 Å². The van der Waals surface area contributed by atoms with E-state index >= 15 is 0 Å². The van der Waals surface area contributed by atoms with Gasteiger partial charge in [-0.2, -0.15) is 0 Å². The Hall–Kier alpha value is -0.320. The molecule has 0 saturated carbocycles. The molecule has 0 aliphatic rings. The summed E-state index contributed by atoms with van der Waals surface area (Å²) in [7, 11) is 0. The van der Waals surface area contributed by atoms with E-state index < -0.39 is 0 Å². The van der Waals surface area contributed by atoms with Crippen molar-refractivity contribution in [2.24, 2.45) is 5.14 Å². The van der Waals surface area contributed by atoms with Crippen LogP contribution in [-0.4, -0.2) is 5.37 Å². The van der Waals surface area contributed by atoms with Gasteiger partial charge in [0.05, 0.1) is 0 Å². The first-order valence-electron chi connectivity index (χ1n) is 2.30. The molecule has 0 aromatic carbocycles. The van der Waals surface area contributed by atoms with E-state index in [1.807, 2.05) is 12.2 Å². The molecule has 0 fully saturated rings. The predicted molar refractivity (Wildman–Crippen MR) is 46.8 cm³/mol. The molecular weight excluding hydrogens is 152 g/mol. The van der Waals surface area contributed by atoms with Crippen LogP contribution in [0.3, 0.4) is 0 Å². The summed E-state index contributed by atoms with van der Waals surface area (Å²) in [4.78, 5) is 0. The average Bonchev–Trinajstić information content (AvgIpc) is 1.89. The zero-order chi connectivity index (χ0) is 6.95. The van der Waals surface area contributed by atoms with Crippen molar-refractivity contribution < 1.29 is 0 Å². The van der Waals surface area contributed by atoms with Gasteiger partial charge in [0.25, 0.3) is 0 Å². The molecule has 0 radical (unpaired) electrons. The van der Waals surface area contributed by atoms with Crippen LogP contribution in [0.15, 0.2) is 24.4 Å². The molecule has 9 heavy (non-hydrogen) atoms. The summed E-state index contributed by atoms with van der Waals surface area (Å²) < 4.78 is 2.72. The lowest BCUT2D eigenvalue weighted by atomic mass is 10.5. The third kappa shape index (κ3) is 7.68. The highest BCUT2D eigenvalue weighted by atomic mass is 32.2. The number of hydrogen-bond acceptors (Lipinski definition) is 4. The van der Waals surface area contributed by atoms with Gasteiger partial charge in [-0.1, -0.05) is 24.4 Å². The molecule has 50 valence electrons. The van der Waals surface area contributed by atoms with Crippen LogP contribution < -0.4 is 9.86 Å². The average molecular weight is 160 g/mol. The molecule has 0 atom stereocenters. The Bertz CT molecular complexity index is 120. The van der Waals surface area contributed by atoms with E-state index in [2.05, 4.69) is 16.9 Å². The third-order valence-electron chi connectivity index (χ3n) is 0.533. The van der Waals surface area contributed by atoms with Gasteiger partial charge in [0, 0.05) is 23.7 Å². The van der Waals surface area contributed by atoms with Crippen molar-refractivity contribution in [2.75, 3.05) is 0 Å². The maximum atomic E-state index is 5.05. The standard InChI is InChI=1S/C5H8N2S2/c6-9-7-4-2-1-3-5-8/h1-5,7H,6H2. The van der Waals surface area contributed by atoms with Gasteiger partial charge in [0.1, 0.15) is 0 Å². The van der Waals surface area contributed by atoms with Crippen LogP contribution in [0.2, 0.25) is 0 Å². The van der Waals surface area contributed by atoms with E-state index in [4.69, 9.17) is 5.14 Å². The van der Waals surface area contributed by atoms with Crippen LogP contribution in [0, 0.1) is 0 Å². The van der Waals surface area contributed by atoms with Crippen molar-refractivity contribution in [3.63, 3.8) is 0 Å². The molecule has 0 aromatic rings. The Balaban J connectivity index is 3.23. The molecule has 0 amide bonds. The molecule has 0 rings (SSSR count). The van der Waals surface area contributed by atoms with Crippen molar-refractivity contribution in [3.8, 4) is 0 Å². The Morgan fingerprint density at radius 3 is 2.67 bits per heavy atom. The van der Waals surface area contributed by atoms with E-state index in [0.29, 0.717) is 0 Å². The predicted octanol–water partition coefficient (Wildman–Crippen LogP) is 1.17. The van der Waals surface area contributed by atoms with Crippen LogP contribution >= 0.6 is 24.4 Å². The normalized spacial score (nSPS) is 10.8. The van der Waals surface area contributed by atoms with Gasteiger partial charge in [-0.25, -0.2) is 0 Å². The first-order valence-corrected chi connectivity index (χ1v) is 3.65. The Kier molecular flexibility index (Phi) is 7.41. The summed E-state index contributed by atoms with van der Waals surface area (Å²) in [5.74, 6) is 0. The Morgan fingerprint density at radius 1 is 1.33 bits per heavy atom. The molecule has 0 aliphatic carbocycles. The number of allylic oxidation sites excluding steroid dienone is 3. The number of nitrogens with one attached hydrogen (secondary N) is 1. The van der Waals surface area contributed by atoms with Gasteiger partial charge in [0.15, 0.2) is 0 Å². The number of nitrogens with two attached hydrogens (primary N) is 1. The van der Waals surface area contributed by atoms with Crippen LogP contribution in [0.4, 0.5) is 0 Å². The van der Waals surface area contributed by atoms with E-state index in [1.54, 1.807) is 17.6 Å². The van der Waals surface area contributed by atoms with Crippen LogP contribution in [-0.2, 0) is 0 Å². The minimum Gasteiger partial charge on any atom is -0.324 e. The van der Waals surface area contributed by atoms with Gasteiger partial charge in [0.2, 0.25) is 0 Å². The minimum absolute atomic E-state index is 1.05. The smallest absolute Gasteiger partial charge is 0.0306 e. The third-order valence-corrected chi connectivity index (χ3v) is 0.962. The summed E-state index contributed by atoms with van der Waals surface area (Å²) in [5.41, 5.74) is 0. The molecule has 4 heteroatoms. The van der Waals surface area contributed by atoms with Gasteiger partial charge >= 0.3 is 0 Å². The molecule has 3 N–H and O–H groups in total. The van der Waals surface area contributed by atoms with E-state index in [9.17, 15) is 0 Å². The van der Waals surface area contributed by atoms with Crippen molar-refractivity contribution in [3.05, 3.63) is 24.4 Å². The SMILES string of the molecule is NSNC=CC=CC=S. The minimum atomic E-state index is 1.05. The molecule has 0 unspecified atom stereocenters. The summed E-state index contributed by atoms with van der Waals surface area (Å²) in [6.07, 6.45) is 7.10. The number of thiocarbonyl (C=S) groups is 1. The second-order valence-electron chi connectivity index (χ2n) is 1.12. The van der Waals surface area contributed by atoms with Crippen LogP contribution in [0.1, 0.15) is 0 Å². The van der Waals surface area contributed by atoms with Crippen molar-refractivity contribution >= 4 is 29.7 Å². The molecule has 0 aromatic heterocycles. The van der Waals surface area contributed by atoms with E-state index in [1.165, 1.54) is 0 Å². The first-order chi connectivity index (χ1) is 4.41. The lowest BCUT2D eigenvalue weighted by Gasteiger charge is -1.85. The van der Waals surface area contributed by atoms with Gasteiger partial charge in [-0.05, 0) is 6.08 Å². The maximum absolute atomic E-state index is 5.05. The molecule has 0 heterocycles. The Labute approximate surface area is 64.5 Å². The van der Waals surface area contributed by atoms with Gasteiger partial charge in [-0.3, -0.25) is 5.14 Å². The lowest BCUT2D eigenvalue weighted by Crippen LogP contribution is -1.94. The monoisotopic (exact) mass is 160 g/mol. The van der Waals surface area contributed by atoms with Crippen LogP contribution in [0.5, 0.6) is 0 Å². The maximum Gasteiger partial charge on any atom is 0.0306 e. The fourth-order valence-electron chi connectivity index (χ4n) is 0.244. The summed E-state index contributed by atoms with van der Waals surface area (Å²) >= 11 is 5.59. The molecule has 2 nitrogen and oxygen atoms in total. The molecule has 0 aliphatic heterocycles. The van der Waals surface area contributed by atoms with Crippen molar-refractivity contribution in [1.29, 1.82) is 0 Å². The highest BCUT2D eigenvalue weighted by Crippen LogP contribution is 1.76. The van der Waals surface area contributed by atoms with Crippen molar-refractivity contribution in [1.82, 2.24) is 4.72 Å². The number of hydrogen-bond donors (Lipinski definition) is 2. The zero-order valence-corrected chi connectivity index (χ0v) is 6.41. The summed E-state index contributed by atoms with van der Waals surface area (Å²) in [6.45, 7) is 0. The first kappa shape index (κ1) is 8.68. The van der Waals surface area contributed by atoms with E-state index in [0.717, 1.165) is 12.1 Å². The van der Waals surface area contributed by atoms with Crippen molar-refractivity contribution in [2.45, 2.75) is 0 Å². The molecule has 0 saturated heterocycles. The van der Waals surface area contributed by atoms with E-state index in [-0.39, 0.29) is 0 Å². The summed E-state index contributed by atoms with van der Waals surface area (Å²) in [6, 6.07) is 0. The topological polar surface area (TPSA) is 38.0 Å². The Morgan fingerprint density at radius 2 is 2.11 bits per heavy atom.